The number of benzene rings is 1. The number of methoxy groups -OCH3 is 1. The molecule has 2 atom stereocenters. The molecule has 0 aliphatic carbocycles. The molecule has 126 valence electrons. The number of nitrogens with one attached hydrogen (secondary N) is 1. The van der Waals surface area contributed by atoms with Crippen LogP contribution >= 0.6 is 11.3 Å². The van der Waals surface area contributed by atoms with Gasteiger partial charge in [-0.25, -0.2) is 9.97 Å². The van der Waals surface area contributed by atoms with Crippen molar-refractivity contribution in [2.75, 3.05) is 12.4 Å². The van der Waals surface area contributed by atoms with Crippen LogP contribution in [0.5, 0.6) is 0 Å². The number of carbonyl (C=O) groups is 1. The molecule has 3 rings (SSSR count). The Bertz CT molecular complexity index is 934. The zero-order valence-electron chi connectivity index (χ0n) is 13.8. The third-order valence-corrected chi connectivity index (χ3v) is 4.82. The van der Waals surface area contributed by atoms with Crippen molar-refractivity contribution >= 4 is 34.2 Å². The van der Waals surface area contributed by atoms with Gasteiger partial charge in [-0.1, -0.05) is 18.2 Å². The lowest BCUT2D eigenvalue weighted by molar-refractivity contribution is -0.141. The van der Waals surface area contributed by atoms with E-state index in [1.165, 1.54) is 7.11 Å². The Hall–Kier alpha value is -2.98. The van der Waals surface area contributed by atoms with Gasteiger partial charge in [0.25, 0.3) is 0 Å². The van der Waals surface area contributed by atoms with Gasteiger partial charge in [-0.05, 0) is 30.5 Å². The fraction of sp³-hybridized carbons (Fsp3) is 0.222. The SMILES string of the molecule is COC(=O)C(C#N)c1nc2ccccc2nc1NC(C)c1cccs1. The molecular formula is C18H16N4O2S. The maximum atomic E-state index is 12.0. The van der Waals surface area contributed by atoms with E-state index in [1.54, 1.807) is 17.4 Å². The average Bonchev–Trinajstić information content (AvgIpc) is 3.17. The minimum absolute atomic E-state index is 0.0359. The summed E-state index contributed by atoms with van der Waals surface area (Å²) in [5, 5.41) is 14.7. The summed E-state index contributed by atoms with van der Waals surface area (Å²) in [4.78, 5) is 22.2. The number of thiophene rings is 1. The van der Waals surface area contributed by atoms with Gasteiger partial charge in [0.15, 0.2) is 11.7 Å². The molecule has 0 amide bonds. The van der Waals surface area contributed by atoms with Gasteiger partial charge in [0.05, 0.1) is 30.3 Å². The standard InChI is InChI=1S/C18H16N4O2S/c1-11(15-8-5-9-25-15)20-17-16(12(10-19)18(23)24-2)21-13-6-3-4-7-14(13)22-17/h3-9,11-12H,1-2H3,(H,20,22). The molecule has 0 saturated heterocycles. The van der Waals surface area contributed by atoms with Crippen LogP contribution in [0.3, 0.4) is 0 Å². The van der Waals surface area contributed by atoms with Crippen molar-refractivity contribution in [3.8, 4) is 6.07 Å². The van der Waals surface area contributed by atoms with E-state index in [-0.39, 0.29) is 11.7 Å². The smallest absolute Gasteiger partial charge is 0.329 e. The molecule has 6 nitrogen and oxygen atoms in total. The quantitative estimate of drug-likeness (QED) is 0.705. The number of hydrogen-bond donors (Lipinski definition) is 1. The van der Waals surface area contributed by atoms with Crippen LogP contribution in [-0.2, 0) is 9.53 Å². The molecule has 0 fully saturated rings. The molecule has 0 aliphatic heterocycles. The van der Waals surface area contributed by atoms with Gasteiger partial charge < -0.3 is 10.1 Å². The van der Waals surface area contributed by atoms with Crippen LogP contribution in [0.1, 0.15) is 29.5 Å². The van der Waals surface area contributed by atoms with Crippen LogP contribution in [0.15, 0.2) is 41.8 Å². The fourth-order valence-electron chi connectivity index (χ4n) is 2.48. The minimum atomic E-state index is -1.14. The lowest BCUT2D eigenvalue weighted by atomic mass is 10.1. The maximum Gasteiger partial charge on any atom is 0.329 e. The van der Waals surface area contributed by atoms with Crippen LogP contribution in [0.25, 0.3) is 11.0 Å². The summed E-state index contributed by atoms with van der Waals surface area (Å²) in [6.45, 7) is 1.99. The van der Waals surface area contributed by atoms with Gasteiger partial charge in [0.2, 0.25) is 0 Å². The summed E-state index contributed by atoms with van der Waals surface area (Å²) in [6.07, 6.45) is 0. The molecule has 7 heteroatoms. The van der Waals surface area contributed by atoms with Crippen LogP contribution in [0.4, 0.5) is 5.82 Å². The molecule has 0 saturated carbocycles. The normalized spacial score (nSPS) is 13.0. The summed E-state index contributed by atoms with van der Waals surface area (Å²) in [5.74, 6) is -1.38. The third kappa shape index (κ3) is 3.44. The van der Waals surface area contributed by atoms with E-state index >= 15 is 0 Å². The van der Waals surface area contributed by atoms with E-state index in [0.29, 0.717) is 16.9 Å². The van der Waals surface area contributed by atoms with E-state index in [9.17, 15) is 10.1 Å². The Morgan fingerprint density at radius 1 is 1.24 bits per heavy atom. The number of esters is 1. The minimum Gasteiger partial charge on any atom is -0.468 e. The number of fused-ring (bicyclic) bond motifs is 1. The van der Waals surface area contributed by atoms with Crippen molar-refractivity contribution in [2.24, 2.45) is 0 Å². The second-order valence-corrected chi connectivity index (χ2v) is 6.39. The number of rotatable bonds is 5. The molecule has 2 unspecified atom stereocenters. The predicted octanol–water partition coefficient (Wildman–Crippen LogP) is 3.64. The number of nitrogens with zero attached hydrogens (tertiary/aromatic N) is 3. The summed E-state index contributed by atoms with van der Waals surface area (Å²) in [6, 6.07) is 13.3. The number of ether oxygens (including phenoxy) is 1. The first-order valence-electron chi connectivity index (χ1n) is 7.68. The van der Waals surface area contributed by atoms with Gasteiger partial charge >= 0.3 is 5.97 Å². The Kier molecular flexibility index (Phi) is 4.91. The summed E-state index contributed by atoms with van der Waals surface area (Å²) in [5.41, 5.74) is 1.58. The number of carbonyl (C=O) groups excluding carboxylic acids is 1. The van der Waals surface area contributed by atoms with Gasteiger partial charge in [-0.2, -0.15) is 5.26 Å². The Labute approximate surface area is 149 Å². The van der Waals surface area contributed by atoms with Crippen molar-refractivity contribution in [3.05, 3.63) is 52.3 Å². The molecular weight excluding hydrogens is 336 g/mol. The first-order chi connectivity index (χ1) is 12.1. The predicted molar refractivity (Wildman–Crippen MR) is 96.3 cm³/mol. The second-order valence-electron chi connectivity index (χ2n) is 5.41. The van der Waals surface area contributed by atoms with Gasteiger partial charge in [0.1, 0.15) is 5.69 Å². The highest BCUT2D eigenvalue weighted by Gasteiger charge is 2.28. The van der Waals surface area contributed by atoms with Crippen LogP contribution < -0.4 is 5.32 Å². The topological polar surface area (TPSA) is 87.9 Å². The lowest BCUT2D eigenvalue weighted by Crippen LogP contribution is -2.18. The van der Waals surface area contributed by atoms with Crippen molar-refractivity contribution in [1.82, 2.24) is 9.97 Å². The second kappa shape index (κ2) is 7.28. The van der Waals surface area contributed by atoms with Gasteiger partial charge in [0, 0.05) is 4.88 Å². The Morgan fingerprint density at radius 3 is 2.56 bits per heavy atom. The van der Waals surface area contributed by atoms with Crippen LogP contribution in [-0.4, -0.2) is 23.0 Å². The van der Waals surface area contributed by atoms with Gasteiger partial charge in [-0.15, -0.1) is 11.3 Å². The van der Waals surface area contributed by atoms with E-state index in [4.69, 9.17) is 4.74 Å². The molecule has 2 aromatic heterocycles. The van der Waals surface area contributed by atoms with E-state index in [2.05, 4.69) is 15.3 Å². The summed E-state index contributed by atoms with van der Waals surface area (Å²) >= 11 is 1.62. The van der Waals surface area contributed by atoms with Crippen LogP contribution in [0.2, 0.25) is 0 Å². The molecule has 3 aromatic rings. The van der Waals surface area contributed by atoms with Gasteiger partial charge in [-0.3, -0.25) is 4.79 Å². The Morgan fingerprint density at radius 2 is 1.96 bits per heavy atom. The summed E-state index contributed by atoms with van der Waals surface area (Å²) in [7, 11) is 1.25. The lowest BCUT2D eigenvalue weighted by Gasteiger charge is -2.18. The highest BCUT2D eigenvalue weighted by molar-refractivity contribution is 7.10. The van der Waals surface area contributed by atoms with Crippen molar-refractivity contribution in [2.45, 2.75) is 18.9 Å². The molecule has 0 bridgehead atoms. The number of hydrogen-bond acceptors (Lipinski definition) is 7. The zero-order valence-corrected chi connectivity index (χ0v) is 14.6. The third-order valence-electron chi connectivity index (χ3n) is 3.76. The van der Waals surface area contributed by atoms with Crippen molar-refractivity contribution < 1.29 is 9.53 Å². The molecule has 1 aromatic carbocycles. The summed E-state index contributed by atoms with van der Waals surface area (Å²) < 4.78 is 4.75. The van der Waals surface area contributed by atoms with Crippen molar-refractivity contribution in [1.29, 1.82) is 5.26 Å². The van der Waals surface area contributed by atoms with E-state index < -0.39 is 11.9 Å². The first kappa shape index (κ1) is 16.9. The monoisotopic (exact) mass is 352 g/mol. The molecule has 25 heavy (non-hydrogen) atoms. The molecule has 0 radical (unpaired) electrons. The Balaban J connectivity index is 2.09. The largest absolute Gasteiger partial charge is 0.468 e. The maximum absolute atomic E-state index is 12.0. The van der Waals surface area contributed by atoms with Crippen molar-refractivity contribution in [3.63, 3.8) is 0 Å². The fourth-order valence-corrected chi connectivity index (χ4v) is 3.21. The first-order valence-corrected chi connectivity index (χ1v) is 8.56. The molecule has 2 heterocycles. The highest BCUT2D eigenvalue weighted by Crippen LogP contribution is 2.29. The van der Waals surface area contributed by atoms with Crippen LogP contribution in [0, 0.1) is 11.3 Å². The zero-order chi connectivity index (χ0) is 17.8. The average molecular weight is 352 g/mol. The highest BCUT2D eigenvalue weighted by atomic mass is 32.1. The molecule has 1 N–H and O–H groups in total. The van der Waals surface area contributed by atoms with E-state index in [1.807, 2.05) is 48.7 Å². The molecule has 0 aliphatic rings. The van der Waals surface area contributed by atoms with E-state index in [0.717, 1.165) is 4.88 Å². The molecule has 0 spiro atoms. The number of para-hydroxylation sites is 2. The number of aromatic nitrogens is 2. The number of anilines is 1. The number of nitriles is 1.